The van der Waals surface area contributed by atoms with E-state index in [4.69, 9.17) is 4.74 Å². The molecule has 1 fully saturated rings. The number of hydrogen-bond donors (Lipinski definition) is 1. The van der Waals surface area contributed by atoms with Gasteiger partial charge in [0.2, 0.25) is 0 Å². The molecule has 2 heterocycles. The lowest BCUT2D eigenvalue weighted by atomic mass is 10.1. The van der Waals surface area contributed by atoms with Crippen LogP contribution in [0.2, 0.25) is 0 Å². The Kier molecular flexibility index (Phi) is 5.19. The molecule has 8 nitrogen and oxygen atoms in total. The molecule has 136 valence electrons. The molecule has 1 aliphatic heterocycles. The van der Waals surface area contributed by atoms with Gasteiger partial charge in [0.1, 0.15) is 12.7 Å². The van der Waals surface area contributed by atoms with Gasteiger partial charge >= 0.3 is 0 Å². The maximum atomic E-state index is 12.7. The minimum atomic E-state index is -3.57. The molecule has 0 unspecified atom stereocenters. The number of morpholine rings is 1. The van der Waals surface area contributed by atoms with Crippen molar-refractivity contribution in [1.29, 1.82) is 0 Å². The number of nitrogens with one attached hydrogen (secondary N) is 1. The van der Waals surface area contributed by atoms with E-state index in [1.807, 2.05) is 45.0 Å². The number of aromatic nitrogens is 3. The van der Waals surface area contributed by atoms with Crippen molar-refractivity contribution in [3.8, 4) is 5.69 Å². The summed E-state index contributed by atoms with van der Waals surface area (Å²) in [5.74, 6) is 0. The van der Waals surface area contributed by atoms with Gasteiger partial charge in [0.15, 0.2) is 0 Å². The first kappa shape index (κ1) is 18.0. The van der Waals surface area contributed by atoms with Gasteiger partial charge in [-0.15, -0.1) is 0 Å². The largest absolute Gasteiger partial charge is 0.373 e. The first-order valence-electron chi connectivity index (χ1n) is 8.23. The van der Waals surface area contributed by atoms with E-state index < -0.39 is 10.2 Å². The molecule has 0 bridgehead atoms. The molecule has 0 radical (unpaired) electrons. The summed E-state index contributed by atoms with van der Waals surface area (Å²) in [5, 5.41) is 4.07. The fraction of sp³-hybridized carbons (Fsp3) is 0.500. The van der Waals surface area contributed by atoms with Crippen LogP contribution in [0, 0.1) is 0 Å². The molecule has 1 saturated heterocycles. The quantitative estimate of drug-likeness (QED) is 0.862. The Hall–Kier alpha value is -1.81. The van der Waals surface area contributed by atoms with Gasteiger partial charge in [-0.05, 0) is 38.5 Å². The van der Waals surface area contributed by atoms with Crippen molar-refractivity contribution in [3.63, 3.8) is 0 Å². The van der Waals surface area contributed by atoms with Crippen LogP contribution in [0.3, 0.4) is 0 Å². The summed E-state index contributed by atoms with van der Waals surface area (Å²) >= 11 is 0. The van der Waals surface area contributed by atoms with E-state index in [2.05, 4.69) is 14.8 Å². The Labute approximate surface area is 148 Å². The number of benzene rings is 1. The van der Waals surface area contributed by atoms with E-state index in [0.717, 1.165) is 11.3 Å². The Balaban J connectivity index is 1.69. The highest BCUT2D eigenvalue weighted by molar-refractivity contribution is 7.87. The fourth-order valence-corrected chi connectivity index (χ4v) is 4.49. The second-order valence-corrected chi connectivity index (χ2v) is 8.05. The van der Waals surface area contributed by atoms with Gasteiger partial charge in [0.05, 0.1) is 17.9 Å². The van der Waals surface area contributed by atoms with Crippen LogP contribution in [0.25, 0.3) is 5.69 Å². The molecule has 9 heteroatoms. The van der Waals surface area contributed by atoms with E-state index >= 15 is 0 Å². The normalized spacial score (nSPS) is 23.5. The third-order valence-electron chi connectivity index (χ3n) is 4.13. The van der Waals surface area contributed by atoms with E-state index in [1.165, 1.54) is 10.6 Å². The maximum Gasteiger partial charge on any atom is 0.280 e. The van der Waals surface area contributed by atoms with Crippen LogP contribution in [-0.4, -0.2) is 52.8 Å². The van der Waals surface area contributed by atoms with Crippen molar-refractivity contribution < 1.29 is 13.2 Å². The predicted molar refractivity (Wildman–Crippen MR) is 93.4 cm³/mol. The van der Waals surface area contributed by atoms with Gasteiger partial charge in [0, 0.05) is 19.1 Å². The average molecular weight is 365 g/mol. The number of rotatable bonds is 5. The highest BCUT2D eigenvalue weighted by Gasteiger charge is 2.31. The molecule has 25 heavy (non-hydrogen) atoms. The Morgan fingerprint density at radius 2 is 1.84 bits per heavy atom. The molecule has 1 aromatic carbocycles. The topological polar surface area (TPSA) is 89.4 Å². The fourth-order valence-electron chi connectivity index (χ4n) is 2.95. The highest BCUT2D eigenvalue weighted by atomic mass is 32.2. The molecular weight excluding hydrogens is 342 g/mol. The van der Waals surface area contributed by atoms with E-state index in [0.29, 0.717) is 13.1 Å². The second-order valence-electron chi connectivity index (χ2n) is 6.35. The minimum Gasteiger partial charge on any atom is -0.373 e. The Morgan fingerprint density at radius 3 is 2.40 bits per heavy atom. The smallest absolute Gasteiger partial charge is 0.280 e. The zero-order valence-corrected chi connectivity index (χ0v) is 15.3. The molecule has 0 aliphatic carbocycles. The first-order valence-corrected chi connectivity index (χ1v) is 9.67. The second kappa shape index (κ2) is 7.20. The summed E-state index contributed by atoms with van der Waals surface area (Å²) < 4.78 is 36.7. The van der Waals surface area contributed by atoms with Gasteiger partial charge < -0.3 is 4.74 Å². The van der Waals surface area contributed by atoms with E-state index in [1.54, 1.807) is 11.0 Å². The third kappa shape index (κ3) is 4.24. The highest BCUT2D eigenvalue weighted by Crippen LogP contribution is 2.19. The summed E-state index contributed by atoms with van der Waals surface area (Å²) in [6.45, 7) is 6.31. The first-order chi connectivity index (χ1) is 11.8. The third-order valence-corrected chi connectivity index (χ3v) is 5.76. The molecule has 0 spiro atoms. The van der Waals surface area contributed by atoms with Crippen LogP contribution in [0.1, 0.15) is 32.4 Å². The van der Waals surface area contributed by atoms with Crippen LogP contribution >= 0.6 is 0 Å². The summed E-state index contributed by atoms with van der Waals surface area (Å²) in [6, 6.07) is 7.19. The molecule has 2 aromatic rings. The van der Waals surface area contributed by atoms with E-state index in [9.17, 15) is 8.42 Å². The molecule has 3 rings (SSSR count). The van der Waals surface area contributed by atoms with Crippen LogP contribution in [-0.2, 0) is 14.9 Å². The van der Waals surface area contributed by atoms with Gasteiger partial charge in [-0.25, -0.2) is 9.67 Å². The van der Waals surface area contributed by atoms with Crippen molar-refractivity contribution in [1.82, 2.24) is 23.8 Å². The minimum absolute atomic E-state index is 0.113. The standard InChI is InChI=1S/C16H23N5O3S/c1-12-8-20(9-13(2)24-12)25(22,23)19-14(3)15-4-6-16(7-5-15)21-11-17-10-18-21/h4-7,10-14,19H,8-9H2,1-3H3/t12-,13-,14-/m1/s1. The average Bonchev–Trinajstić information content (AvgIpc) is 3.08. The van der Waals surface area contributed by atoms with Gasteiger partial charge in [0.25, 0.3) is 10.2 Å². The summed E-state index contributed by atoms with van der Waals surface area (Å²) in [4.78, 5) is 3.91. The van der Waals surface area contributed by atoms with Crippen molar-refractivity contribution in [2.75, 3.05) is 13.1 Å². The zero-order valence-electron chi connectivity index (χ0n) is 14.5. The summed E-state index contributed by atoms with van der Waals surface area (Å²) in [6.07, 6.45) is 2.85. The molecule has 0 amide bonds. The lowest BCUT2D eigenvalue weighted by molar-refractivity contribution is -0.0444. The zero-order chi connectivity index (χ0) is 18.0. The van der Waals surface area contributed by atoms with E-state index in [-0.39, 0.29) is 18.2 Å². The Bertz CT molecular complexity index is 782. The molecule has 1 aromatic heterocycles. The Morgan fingerprint density at radius 1 is 1.20 bits per heavy atom. The molecule has 3 atom stereocenters. The van der Waals surface area contributed by atoms with Gasteiger partial charge in [-0.1, -0.05) is 12.1 Å². The molecule has 1 aliphatic rings. The predicted octanol–water partition coefficient (Wildman–Crippen LogP) is 1.27. The SMILES string of the molecule is C[C@@H]1CN(S(=O)(=O)N[C@H](C)c2ccc(-n3cncn3)cc2)C[C@@H](C)O1. The van der Waals surface area contributed by atoms with Crippen LogP contribution < -0.4 is 4.72 Å². The maximum absolute atomic E-state index is 12.7. The van der Waals surface area contributed by atoms with Gasteiger partial charge in [-0.3, -0.25) is 0 Å². The van der Waals surface area contributed by atoms with Crippen molar-refractivity contribution in [2.24, 2.45) is 0 Å². The number of hydrogen-bond acceptors (Lipinski definition) is 5. The molecule has 1 N–H and O–H groups in total. The monoisotopic (exact) mass is 365 g/mol. The number of ether oxygens (including phenoxy) is 1. The van der Waals surface area contributed by atoms with Gasteiger partial charge in [-0.2, -0.15) is 22.5 Å². The number of nitrogens with zero attached hydrogens (tertiary/aromatic N) is 4. The molecular formula is C16H23N5O3S. The molecule has 0 saturated carbocycles. The van der Waals surface area contributed by atoms with Crippen LogP contribution in [0.5, 0.6) is 0 Å². The lowest BCUT2D eigenvalue weighted by Crippen LogP contribution is -2.52. The van der Waals surface area contributed by atoms with Crippen LogP contribution in [0.15, 0.2) is 36.9 Å². The van der Waals surface area contributed by atoms with Crippen molar-refractivity contribution in [3.05, 3.63) is 42.5 Å². The van der Waals surface area contributed by atoms with Crippen LogP contribution in [0.4, 0.5) is 0 Å². The van der Waals surface area contributed by atoms with Crippen molar-refractivity contribution in [2.45, 2.75) is 39.0 Å². The summed E-state index contributed by atoms with van der Waals surface area (Å²) in [7, 11) is -3.57. The lowest BCUT2D eigenvalue weighted by Gasteiger charge is -2.35. The van der Waals surface area contributed by atoms with Crippen molar-refractivity contribution >= 4 is 10.2 Å². The summed E-state index contributed by atoms with van der Waals surface area (Å²) in [5.41, 5.74) is 1.74.